The van der Waals surface area contributed by atoms with E-state index in [-0.39, 0.29) is 5.82 Å². The minimum absolute atomic E-state index is 0.235. The van der Waals surface area contributed by atoms with Crippen LogP contribution in [0.1, 0.15) is 33.3 Å². The molecule has 0 atom stereocenters. The maximum atomic E-state index is 13.9. The van der Waals surface area contributed by atoms with Gasteiger partial charge in [-0.25, -0.2) is 4.39 Å². The first kappa shape index (κ1) is 15.8. The summed E-state index contributed by atoms with van der Waals surface area (Å²) in [6.45, 7) is 9.76. The number of aromatic nitrogens is 1. The molecular formula is C17H25FN2O. The van der Waals surface area contributed by atoms with Crippen LogP contribution in [-0.2, 0) is 6.42 Å². The third-order valence-electron chi connectivity index (χ3n) is 4.01. The zero-order valence-electron chi connectivity index (χ0n) is 13.5. The van der Waals surface area contributed by atoms with Crippen molar-refractivity contribution in [3.05, 3.63) is 29.7 Å². The summed E-state index contributed by atoms with van der Waals surface area (Å²) < 4.78 is 19.3. The topological polar surface area (TPSA) is 28.3 Å². The zero-order valence-corrected chi connectivity index (χ0v) is 13.5. The summed E-state index contributed by atoms with van der Waals surface area (Å²) in [5, 5.41) is 0.866. The van der Waals surface area contributed by atoms with Crippen molar-refractivity contribution in [1.82, 2.24) is 9.88 Å². The van der Waals surface area contributed by atoms with Crippen molar-refractivity contribution in [3.8, 4) is 5.75 Å². The van der Waals surface area contributed by atoms with Crippen LogP contribution >= 0.6 is 0 Å². The molecule has 0 amide bonds. The fourth-order valence-corrected chi connectivity index (χ4v) is 2.98. The summed E-state index contributed by atoms with van der Waals surface area (Å²) in [7, 11) is 1.62. The lowest BCUT2D eigenvalue weighted by Gasteiger charge is -2.30. The molecule has 1 aromatic heterocycles. The Morgan fingerprint density at radius 3 is 2.43 bits per heavy atom. The van der Waals surface area contributed by atoms with E-state index in [1.54, 1.807) is 13.2 Å². The van der Waals surface area contributed by atoms with E-state index in [0.717, 1.165) is 29.7 Å². The molecule has 4 heteroatoms. The molecule has 21 heavy (non-hydrogen) atoms. The number of methoxy groups -OCH3 is 1. The first-order chi connectivity index (χ1) is 9.95. The lowest BCUT2D eigenvalue weighted by atomic mass is 10.1. The van der Waals surface area contributed by atoms with Crippen LogP contribution < -0.4 is 4.74 Å². The number of halogens is 1. The van der Waals surface area contributed by atoms with E-state index >= 15 is 0 Å². The SMILES string of the molecule is COc1ccc(F)c2[nH]cc(CCN(C(C)C)C(C)C)c12. The molecule has 1 N–H and O–H groups in total. The zero-order chi connectivity index (χ0) is 15.6. The molecule has 3 nitrogen and oxygen atoms in total. The molecule has 0 aliphatic heterocycles. The molecule has 2 aromatic rings. The summed E-state index contributed by atoms with van der Waals surface area (Å²) in [4.78, 5) is 5.47. The van der Waals surface area contributed by atoms with Gasteiger partial charge in [-0.05, 0) is 51.8 Å². The number of hydrogen-bond acceptors (Lipinski definition) is 2. The van der Waals surface area contributed by atoms with Crippen molar-refractivity contribution in [2.45, 2.75) is 46.2 Å². The molecule has 116 valence electrons. The molecule has 0 radical (unpaired) electrons. The lowest BCUT2D eigenvalue weighted by molar-refractivity contribution is 0.177. The number of rotatable bonds is 6. The molecule has 0 fully saturated rings. The van der Waals surface area contributed by atoms with Crippen LogP contribution in [0.25, 0.3) is 10.9 Å². The first-order valence-electron chi connectivity index (χ1n) is 7.53. The Labute approximate surface area is 126 Å². The summed E-state index contributed by atoms with van der Waals surface area (Å²) >= 11 is 0. The van der Waals surface area contributed by atoms with Crippen LogP contribution in [0.3, 0.4) is 0 Å². The number of aromatic amines is 1. The van der Waals surface area contributed by atoms with Gasteiger partial charge in [0.1, 0.15) is 11.6 Å². The van der Waals surface area contributed by atoms with Gasteiger partial charge in [-0.1, -0.05) is 0 Å². The molecular weight excluding hydrogens is 267 g/mol. The average molecular weight is 292 g/mol. The maximum Gasteiger partial charge on any atom is 0.147 e. The Balaban J connectivity index is 2.29. The van der Waals surface area contributed by atoms with Crippen LogP contribution in [0.2, 0.25) is 0 Å². The fraction of sp³-hybridized carbons (Fsp3) is 0.529. The standard InChI is InChI=1S/C17H25FN2O/c1-11(2)20(12(3)4)9-8-13-10-19-17-14(18)6-7-15(21-5)16(13)17/h6-7,10-12,19H,8-9H2,1-5H3. The van der Waals surface area contributed by atoms with E-state index in [1.807, 2.05) is 6.20 Å². The van der Waals surface area contributed by atoms with Crippen molar-refractivity contribution in [2.24, 2.45) is 0 Å². The van der Waals surface area contributed by atoms with Crippen LogP contribution in [0.4, 0.5) is 4.39 Å². The Hall–Kier alpha value is -1.55. The van der Waals surface area contributed by atoms with Crippen molar-refractivity contribution >= 4 is 10.9 Å². The number of hydrogen-bond donors (Lipinski definition) is 1. The van der Waals surface area contributed by atoms with Gasteiger partial charge >= 0.3 is 0 Å². The van der Waals surface area contributed by atoms with Gasteiger partial charge in [0.05, 0.1) is 12.6 Å². The van der Waals surface area contributed by atoms with Gasteiger partial charge in [-0.2, -0.15) is 0 Å². The second-order valence-corrected chi connectivity index (χ2v) is 5.99. The molecule has 0 unspecified atom stereocenters. The van der Waals surface area contributed by atoms with Crippen LogP contribution in [0.15, 0.2) is 18.3 Å². The minimum Gasteiger partial charge on any atom is -0.496 e. The van der Waals surface area contributed by atoms with E-state index in [1.165, 1.54) is 6.07 Å². The largest absolute Gasteiger partial charge is 0.496 e. The third-order valence-corrected chi connectivity index (χ3v) is 4.01. The molecule has 1 heterocycles. The predicted octanol–water partition coefficient (Wildman–Crippen LogP) is 3.98. The number of ether oxygens (including phenoxy) is 1. The third kappa shape index (κ3) is 3.21. The summed E-state index contributed by atoms with van der Waals surface area (Å²) in [5.41, 5.74) is 1.64. The molecule has 2 rings (SSSR count). The van der Waals surface area contributed by atoms with Crippen molar-refractivity contribution < 1.29 is 9.13 Å². The summed E-state index contributed by atoms with van der Waals surface area (Å²) in [5.74, 6) is 0.491. The molecule has 0 aliphatic rings. The highest BCUT2D eigenvalue weighted by molar-refractivity contribution is 5.89. The maximum absolute atomic E-state index is 13.9. The van der Waals surface area contributed by atoms with E-state index in [0.29, 0.717) is 17.6 Å². The number of benzene rings is 1. The van der Waals surface area contributed by atoms with E-state index in [9.17, 15) is 4.39 Å². The molecule has 0 aliphatic carbocycles. The Morgan fingerprint density at radius 1 is 1.19 bits per heavy atom. The second kappa shape index (κ2) is 6.48. The quantitative estimate of drug-likeness (QED) is 0.872. The monoisotopic (exact) mass is 292 g/mol. The Morgan fingerprint density at radius 2 is 1.86 bits per heavy atom. The smallest absolute Gasteiger partial charge is 0.147 e. The minimum atomic E-state index is -0.235. The highest BCUT2D eigenvalue weighted by Gasteiger charge is 2.16. The molecule has 0 bridgehead atoms. The van der Waals surface area contributed by atoms with Crippen molar-refractivity contribution in [3.63, 3.8) is 0 Å². The van der Waals surface area contributed by atoms with Gasteiger partial charge in [0, 0.05) is 30.2 Å². The van der Waals surface area contributed by atoms with Gasteiger partial charge in [0.15, 0.2) is 0 Å². The Bertz CT molecular complexity index is 596. The number of nitrogens with one attached hydrogen (secondary N) is 1. The van der Waals surface area contributed by atoms with Gasteiger partial charge in [0.25, 0.3) is 0 Å². The van der Waals surface area contributed by atoms with Crippen molar-refractivity contribution in [2.75, 3.05) is 13.7 Å². The highest BCUT2D eigenvalue weighted by Crippen LogP contribution is 2.31. The summed E-state index contributed by atoms with van der Waals surface area (Å²) in [6.07, 6.45) is 2.77. The lowest BCUT2D eigenvalue weighted by Crippen LogP contribution is -2.38. The average Bonchev–Trinajstić information content (AvgIpc) is 2.84. The van der Waals surface area contributed by atoms with Crippen LogP contribution in [0.5, 0.6) is 5.75 Å². The van der Waals surface area contributed by atoms with Gasteiger partial charge < -0.3 is 9.72 Å². The summed E-state index contributed by atoms with van der Waals surface area (Å²) in [6, 6.07) is 4.12. The van der Waals surface area contributed by atoms with E-state index < -0.39 is 0 Å². The molecule has 0 saturated heterocycles. The fourth-order valence-electron chi connectivity index (χ4n) is 2.98. The molecule has 0 spiro atoms. The highest BCUT2D eigenvalue weighted by atomic mass is 19.1. The van der Waals surface area contributed by atoms with Gasteiger partial charge in [-0.3, -0.25) is 4.90 Å². The number of nitrogens with zero attached hydrogens (tertiary/aromatic N) is 1. The first-order valence-corrected chi connectivity index (χ1v) is 7.53. The second-order valence-electron chi connectivity index (χ2n) is 5.99. The van der Waals surface area contributed by atoms with Gasteiger partial charge in [-0.15, -0.1) is 0 Å². The van der Waals surface area contributed by atoms with Crippen LogP contribution in [-0.4, -0.2) is 35.6 Å². The van der Waals surface area contributed by atoms with Crippen LogP contribution in [0, 0.1) is 5.82 Å². The van der Waals surface area contributed by atoms with E-state index in [2.05, 4.69) is 37.6 Å². The Kier molecular flexibility index (Phi) is 4.88. The van der Waals surface area contributed by atoms with Gasteiger partial charge in [0.2, 0.25) is 0 Å². The van der Waals surface area contributed by atoms with E-state index in [4.69, 9.17) is 4.74 Å². The van der Waals surface area contributed by atoms with Crippen molar-refractivity contribution in [1.29, 1.82) is 0 Å². The number of fused-ring (bicyclic) bond motifs is 1. The molecule has 1 aromatic carbocycles. The molecule has 0 saturated carbocycles. The predicted molar refractivity (Wildman–Crippen MR) is 85.5 cm³/mol. The number of H-pyrrole nitrogens is 1. The normalized spacial score (nSPS) is 12.0.